The molecule has 0 aliphatic heterocycles. The molecule has 2 rings (SSSR count). The van der Waals surface area contributed by atoms with Crippen molar-refractivity contribution >= 4 is 22.6 Å². The summed E-state index contributed by atoms with van der Waals surface area (Å²) in [7, 11) is 0. The van der Waals surface area contributed by atoms with Gasteiger partial charge in [-0.05, 0) is 11.1 Å². The molecule has 1 aromatic carbocycles. The fourth-order valence-corrected chi connectivity index (χ4v) is 2.34. The number of benzene rings is 1. The van der Waals surface area contributed by atoms with E-state index in [1.807, 2.05) is 24.3 Å². The Morgan fingerprint density at radius 2 is 1.42 bits per heavy atom. The molecule has 0 amide bonds. The number of halogens is 1. The first kappa shape index (κ1) is 8.47. The number of hydrogen-bond acceptors (Lipinski definition) is 2. The number of fused-ring (bicyclic) bond motifs is 1. The maximum atomic E-state index is 9.65. The van der Waals surface area contributed by atoms with E-state index in [1.54, 1.807) is 0 Å². The van der Waals surface area contributed by atoms with Gasteiger partial charge in [0.15, 0.2) is 0 Å². The second kappa shape index (κ2) is 2.97. The summed E-state index contributed by atoms with van der Waals surface area (Å²) < 4.78 is -0.111. The smallest absolute Gasteiger partial charge is 0.0939 e. The van der Waals surface area contributed by atoms with Crippen LogP contribution in [0, 0.1) is 0 Å². The predicted molar refractivity (Wildman–Crippen MR) is 54.2 cm³/mol. The van der Waals surface area contributed by atoms with Crippen LogP contribution in [0.15, 0.2) is 24.3 Å². The minimum Gasteiger partial charge on any atom is -0.387 e. The fraction of sp³-hybridized carbons (Fsp3) is 0.333. The van der Waals surface area contributed by atoms with E-state index < -0.39 is 12.2 Å². The number of aliphatic hydroxyl groups excluding tert-OH is 2. The second-order valence-electron chi connectivity index (χ2n) is 2.96. The summed E-state index contributed by atoms with van der Waals surface area (Å²) in [4.78, 5) is 0. The Labute approximate surface area is 84.4 Å². The molecule has 12 heavy (non-hydrogen) atoms. The molecule has 0 radical (unpaired) electrons. The van der Waals surface area contributed by atoms with Gasteiger partial charge in [0.2, 0.25) is 0 Å². The van der Waals surface area contributed by atoms with Crippen molar-refractivity contribution in [3.05, 3.63) is 35.4 Å². The molecule has 0 heterocycles. The molecule has 64 valence electrons. The molecule has 1 aliphatic carbocycles. The molecule has 0 aromatic heterocycles. The normalized spacial score (nSPS) is 28.9. The summed E-state index contributed by atoms with van der Waals surface area (Å²) >= 11 is 2.08. The largest absolute Gasteiger partial charge is 0.387 e. The maximum Gasteiger partial charge on any atom is 0.0939 e. The van der Waals surface area contributed by atoms with Gasteiger partial charge < -0.3 is 10.2 Å². The van der Waals surface area contributed by atoms with Gasteiger partial charge in [-0.3, -0.25) is 0 Å². The average molecular weight is 276 g/mol. The standard InChI is InChI=1S/C9H9IO2/c10-7-8(11)5-3-1-2-4-6(5)9(7)12/h1-4,7-9,11-12H/t8-,9-/m0/s1. The van der Waals surface area contributed by atoms with E-state index >= 15 is 0 Å². The van der Waals surface area contributed by atoms with Gasteiger partial charge in [0.25, 0.3) is 0 Å². The zero-order valence-corrected chi connectivity index (χ0v) is 8.47. The van der Waals surface area contributed by atoms with Crippen LogP contribution in [0.4, 0.5) is 0 Å². The van der Waals surface area contributed by atoms with Gasteiger partial charge in [0, 0.05) is 0 Å². The molecule has 1 aliphatic rings. The minimum atomic E-state index is -0.517. The van der Waals surface area contributed by atoms with Crippen LogP contribution in [0.25, 0.3) is 0 Å². The van der Waals surface area contributed by atoms with Crippen molar-refractivity contribution in [1.82, 2.24) is 0 Å². The van der Waals surface area contributed by atoms with Crippen LogP contribution in [-0.4, -0.2) is 14.1 Å². The summed E-state index contributed by atoms with van der Waals surface area (Å²) in [5.74, 6) is 0. The minimum absolute atomic E-state index is 0.111. The van der Waals surface area contributed by atoms with Crippen molar-refractivity contribution in [2.75, 3.05) is 0 Å². The Bertz CT molecular complexity index is 271. The van der Waals surface area contributed by atoms with Crippen molar-refractivity contribution in [3.8, 4) is 0 Å². The van der Waals surface area contributed by atoms with E-state index in [1.165, 1.54) is 0 Å². The molecule has 0 bridgehead atoms. The van der Waals surface area contributed by atoms with Crippen LogP contribution in [0.1, 0.15) is 23.3 Å². The van der Waals surface area contributed by atoms with Gasteiger partial charge >= 0.3 is 0 Å². The molecule has 2 atom stereocenters. The van der Waals surface area contributed by atoms with E-state index in [9.17, 15) is 10.2 Å². The number of alkyl halides is 1. The quantitative estimate of drug-likeness (QED) is 0.558. The molecule has 0 fully saturated rings. The molecular weight excluding hydrogens is 267 g/mol. The molecule has 0 spiro atoms. The monoisotopic (exact) mass is 276 g/mol. The highest BCUT2D eigenvalue weighted by atomic mass is 127. The van der Waals surface area contributed by atoms with Crippen molar-refractivity contribution < 1.29 is 10.2 Å². The van der Waals surface area contributed by atoms with E-state index in [2.05, 4.69) is 22.6 Å². The van der Waals surface area contributed by atoms with Gasteiger partial charge in [0.1, 0.15) is 0 Å². The lowest BCUT2D eigenvalue weighted by molar-refractivity contribution is 0.122. The molecular formula is C9H9IO2. The topological polar surface area (TPSA) is 40.5 Å². The molecule has 1 aromatic rings. The Morgan fingerprint density at radius 1 is 1.00 bits per heavy atom. The lowest BCUT2D eigenvalue weighted by Gasteiger charge is -2.09. The third-order valence-electron chi connectivity index (χ3n) is 2.24. The van der Waals surface area contributed by atoms with Gasteiger partial charge in [-0.2, -0.15) is 0 Å². The third kappa shape index (κ3) is 1.08. The van der Waals surface area contributed by atoms with Crippen LogP contribution in [-0.2, 0) is 0 Å². The van der Waals surface area contributed by atoms with E-state index in [-0.39, 0.29) is 3.92 Å². The third-order valence-corrected chi connectivity index (χ3v) is 3.60. The molecule has 0 saturated heterocycles. The lowest BCUT2D eigenvalue weighted by atomic mass is 10.1. The number of aliphatic hydroxyl groups is 2. The molecule has 0 unspecified atom stereocenters. The summed E-state index contributed by atoms with van der Waals surface area (Å²) in [5, 5.41) is 19.3. The molecule has 0 saturated carbocycles. The Kier molecular flexibility index (Phi) is 2.10. The maximum absolute atomic E-state index is 9.65. The van der Waals surface area contributed by atoms with E-state index in [4.69, 9.17) is 0 Å². The van der Waals surface area contributed by atoms with Crippen molar-refractivity contribution in [1.29, 1.82) is 0 Å². The second-order valence-corrected chi connectivity index (χ2v) is 4.40. The van der Waals surface area contributed by atoms with Gasteiger partial charge in [-0.25, -0.2) is 0 Å². The van der Waals surface area contributed by atoms with Crippen molar-refractivity contribution in [3.63, 3.8) is 0 Å². The first-order valence-corrected chi connectivity index (χ1v) is 5.05. The van der Waals surface area contributed by atoms with E-state index in [0.717, 1.165) is 11.1 Å². The number of rotatable bonds is 0. The first-order valence-electron chi connectivity index (χ1n) is 3.81. The van der Waals surface area contributed by atoms with Crippen LogP contribution in [0.2, 0.25) is 0 Å². The Morgan fingerprint density at radius 3 is 1.83 bits per heavy atom. The lowest BCUT2D eigenvalue weighted by Crippen LogP contribution is -2.09. The van der Waals surface area contributed by atoms with Gasteiger partial charge in [-0.15, -0.1) is 0 Å². The first-order chi connectivity index (χ1) is 5.72. The van der Waals surface area contributed by atoms with Crippen LogP contribution < -0.4 is 0 Å². The Hall–Kier alpha value is -0.130. The van der Waals surface area contributed by atoms with Crippen LogP contribution in [0.5, 0.6) is 0 Å². The predicted octanol–water partition coefficient (Wildman–Crippen LogP) is 1.57. The summed E-state index contributed by atoms with van der Waals surface area (Å²) in [6.45, 7) is 0. The highest BCUT2D eigenvalue weighted by Gasteiger charge is 2.36. The summed E-state index contributed by atoms with van der Waals surface area (Å²) in [5.41, 5.74) is 1.73. The van der Waals surface area contributed by atoms with Gasteiger partial charge in [-0.1, -0.05) is 46.9 Å². The van der Waals surface area contributed by atoms with E-state index in [0.29, 0.717) is 0 Å². The molecule has 3 heteroatoms. The average Bonchev–Trinajstić information content (AvgIpc) is 2.33. The van der Waals surface area contributed by atoms with Crippen LogP contribution in [0.3, 0.4) is 0 Å². The summed E-state index contributed by atoms with van der Waals surface area (Å²) in [6, 6.07) is 7.48. The highest BCUT2D eigenvalue weighted by molar-refractivity contribution is 14.1. The van der Waals surface area contributed by atoms with Gasteiger partial charge in [0.05, 0.1) is 16.1 Å². The summed E-state index contributed by atoms with van der Waals surface area (Å²) in [6.07, 6.45) is -1.03. The highest BCUT2D eigenvalue weighted by Crippen LogP contribution is 2.42. The zero-order valence-electron chi connectivity index (χ0n) is 6.31. The van der Waals surface area contributed by atoms with Crippen molar-refractivity contribution in [2.24, 2.45) is 0 Å². The fourth-order valence-electron chi connectivity index (χ4n) is 1.57. The number of hydrogen-bond donors (Lipinski definition) is 2. The van der Waals surface area contributed by atoms with Crippen LogP contribution >= 0.6 is 22.6 Å². The SMILES string of the molecule is O[C@H]1c2ccccc2[C@H](O)C1I. The zero-order chi connectivity index (χ0) is 8.72. The molecule has 2 nitrogen and oxygen atoms in total. The molecule has 2 N–H and O–H groups in total. The van der Waals surface area contributed by atoms with Crippen molar-refractivity contribution in [2.45, 2.75) is 16.1 Å². The Balaban J connectivity index is 2.52.